The first-order valence-corrected chi connectivity index (χ1v) is 4.95. The lowest BCUT2D eigenvalue weighted by Crippen LogP contribution is -1.96. The molecule has 4 nitrogen and oxygen atoms in total. The first-order valence-electron chi connectivity index (χ1n) is 4.95. The van der Waals surface area contributed by atoms with E-state index in [1.165, 1.54) is 10.7 Å². The molecule has 0 saturated carbocycles. The Balaban J connectivity index is 2.39. The number of aliphatic hydroxyl groups excluding tert-OH is 1. The minimum Gasteiger partial charge on any atom is -0.387 e. The Labute approximate surface area is 92.3 Å². The summed E-state index contributed by atoms with van der Waals surface area (Å²) in [5, 5.41) is 16.9. The number of aryl methyl sites for hydroxylation is 1. The van der Waals surface area contributed by atoms with Gasteiger partial charge in [0.1, 0.15) is 11.5 Å². The van der Waals surface area contributed by atoms with Gasteiger partial charge in [-0.2, -0.15) is 0 Å². The van der Waals surface area contributed by atoms with Crippen molar-refractivity contribution < 1.29 is 9.50 Å². The molecule has 1 N–H and O–H groups in total. The number of hydrogen-bond donors (Lipinski definition) is 1. The van der Waals surface area contributed by atoms with Crippen LogP contribution < -0.4 is 0 Å². The van der Waals surface area contributed by atoms with Crippen molar-refractivity contribution in [3.05, 3.63) is 41.5 Å². The van der Waals surface area contributed by atoms with Crippen LogP contribution in [0.4, 0.5) is 4.39 Å². The van der Waals surface area contributed by atoms with E-state index in [2.05, 4.69) is 10.3 Å². The predicted octanol–water partition coefficient (Wildman–Crippen LogP) is 1.77. The van der Waals surface area contributed by atoms with Gasteiger partial charge in [-0.15, -0.1) is 5.10 Å². The van der Waals surface area contributed by atoms with Crippen LogP contribution in [0.3, 0.4) is 0 Å². The number of nitrogens with zero attached hydrogens (tertiary/aromatic N) is 3. The highest BCUT2D eigenvalue weighted by Gasteiger charge is 2.08. The molecule has 1 aromatic carbocycles. The van der Waals surface area contributed by atoms with Gasteiger partial charge in [0, 0.05) is 0 Å². The third kappa shape index (κ3) is 1.94. The van der Waals surface area contributed by atoms with Crippen molar-refractivity contribution in [1.82, 2.24) is 15.0 Å². The molecule has 0 spiro atoms. The van der Waals surface area contributed by atoms with Crippen LogP contribution >= 0.6 is 0 Å². The molecule has 0 bridgehead atoms. The summed E-state index contributed by atoms with van der Waals surface area (Å²) in [6, 6.07) is 4.81. The standard InChI is InChI=1S/C11H12FN3O/c1-7-3-4-9(5-10(7)12)15-6-11(8(2)16)13-14-15/h3-6,8,16H,1-2H3. The molecular weight excluding hydrogens is 209 g/mol. The average Bonchev–Trinajstić information content (AvgIpc) is 2.71. The molecule has 0 aliphatic heterocycles. The van der Waals surface area contributed by atoms with Crippen molar-refractivity contribution in [3.8, 4) is 5.69 Å². The van der Waals surface area contributed by atoms with Crippen LogP contribution in [0.1, 0.15) is 24.3 Å². The van der Waals surface area contributed by atoms with Crippen molar-refractivity contribution in [1.29, 1.82) is 0 Å². The van der Waals surface area contributed by atoms with Crippen LogP contribution in [0.25, 0.3) is 5.69 Å². The molecule has 0 radical (unpaired) electrons. The van der Waals surface area contributed by atoms with Crippen LogP contribution in [0.2, 0.25) is 0 Å². The Hall–Kier alpha value is -1.75. The third-order valence-corrected chi connectivity index (χ3v) is 2.36. The number of aromatic nitrogens is 3. The van der Waals surface area contributed by atoms with Gasteiger partial charge in [-0.05, 0) is 31.5 Å². The summed E-state index contributed by atoms with van der Waals surface area (Å²) < 4.78 is 14.8. The first-order chi connectivity index (χ1) is 7.58. The molecule has 84 valence electrons. The van der Waals surface area contributed by atoms with Crippen molar-refractivity contribution in [2.45, 2.75) is 20.0 Å². The first kappa shape index (κ1) is 10.8. The van der Waals surface area contributed by atoms with E-state index < -0.39 is 6.10 Å². The second-order valence-electron chi connectivity index (χ2n) is 3.70. The maximum atomic E-state index is 13.3. The minimum atomic E-state index is -0.677. The number of halogens is 1. The van der Waals surface area contributed by atoms with Crippen LogP contribution in [0.15, 0.2) is 24.4 Å². The van der Waals surface area contributed by atoms with E-state index >= 15 is 0 Å². The minimum absolute atomic E-state index is 0.286. The van der Waals surface area contributed by atoms with Gasteiger partial charge in [0.15, 0.2) is 0 Å². The van der Waals surface area contributed by atoms with Gasteiger partial charge < -0.3 is 5.11 Å². The zero-order valence-electron chi connectivity index (χ0n) is 9.05. The van der Waals surface area contributed by atoms with Gasteiger partial charge in [-0.25, -0.2) is 9.07 Å². The van der Waals surface area contributed by atoms with E-state index in [4.69, 9.17) is 0 Å². The molecule has 1 aromatic heterocycles. The Morgan fingerprint density at radius 1 is 1.44 bits per heavy atom. The molecule has 1 heterocycles. The summed E-state index contributed by atoms with van der Waals surface area (Å²) in [5.41, 5.74) is 1.63. The summed E-state index contributed by atoms with van der Waals surface area (Å²) in [5.74, 6) is -0.286. The smallest absolute Gasteiger partial charge is 0.128 e. The molecule has 0 amide bonds. The van der Waals surface area contributed by atoms with Gasteiger partial charge >= 0.3 is 0 Å². The van der Waals surface area contributed by atoms with E-state index in [-0.39, 0.29) is 5.82 Å². The highest BCUT2D eigenvalue weighted by molar-refractivity contribution is 5.34. The highest BCUT2D eigenvalue weighted by atomic mass is 19.1. The molecule has 0 fully saturated rings. The predicted molar refractivity (Wildman–Crippen MR) is 56.7 cm³/mol. The molecule has 2 aromatic rings. The molecule has 16 heavy (non-hydrogen) atoms. The summed E-state index contributed by atoms with van der Waals surface area (Å²) in [6.07, 6.45) is 0.901. The van der Waals surface area contributed by atoms with Crippen LogP contribution in [0.5, 0.6) is 0 Å². The van der Waals surface area contributed by atoms with Crippen molar-refractivity contribution in [2.24, 2.45) is 0 Å². The quantitative estimate of drug-likeness (QED) is 0.840. The lowest BCUT2D eigenvalue weighted by molar-refractivity contribution is 0.194. The van der Waals surface area contributed by atoms with Crippen LogP contribution in [0, 0.1) is 12.7 Å². The summed E-state index contributed by atoms with van der Waals surface area (Å²) in [4.78, 5) is 0. The molecule has 1 unspecified atom stereocenters. The fraction of sp³-hybridized carbons (Fsp3) is 0.273. The molecule has 2 rings (SSSR count). The van der Waals surface area contributed by atoms with Crippen molar-refractivity contribution in [2.75, 3.05) is 0 Å². The Bertz CT molecular complexity index is 508. The topological polar surface area (TPSA) is 50.9 Å². The Morgan fingerprint density at radius 2 is 2.19 bits per heavy atom. The number of aliphatic hydroxyl groups is 1. The van der Waals surface area contributed by atoms with E-state index in [1.807, 2.05) is 0 Å². The second kappa shape index (κ2) is 4.02. The SMILES string of the molecule is Cc1ccc(-n2cc(C(C)O)nn2)cc1F. The van der Waals surface area contributed by atoms with Gasteiger partial charge in [0.25, 0.3) is 0 Å². The van der Waals surface area contributed by atoms with Gasteiger partial charge in [-0.3, -0.25) is 0 Å². The van der Waals surface area contributed by atoms with Crippen LogP contribution in [-0.4, -0.2) is 20.1 Å². The van der Waals surface area contributed by atoms with Crippen LogP contribution in [-0.2, 0) is 0 Å². The molecule has 0 saturated heterocycles. The van der Waals surface area contributed by atoms with Gasteiger partial charge in [0.05, 0.1) is 18.0 Å². The zero-order chi connectivity index (χ0) is 11.7. The van der Waals surface area contributed by atoms with Crippen molar-refractivity contribution in [3.63, 3.8) is 0 Å². The van der Waals surface area contributed by atoms with E-state index in [1.54, 1.807) is 32.2 Å². The average molecular weight is 221 g/mol. The zero-order valence-corrected chi connectivity index (χ0v) is 9.05. The molecule has 5 heteroatoms. The number of rotatable bonds is 2. The van der Waals surface area contributed by atoms with E-state index in [0.29, 0.717) is 16.9 Å². The number of hydrogen-bond acceptors (Lipinski definition) is 3. The third-order valence-electron chi connectivity index (χ3n) is 2.36. The summed E-state index contributed by atoms with van der Waals surface area (Å²) >= 11 is 0. The van der Waals surface area contributed by atoms with Crippen molar-refractivity contribution >= 4 is 0 Å². The lowest BCUT2D eigenvalue weighted by atomic mass is 10.2. The Morgan fingerprint density at radius 3 is 2.75 bits per heavy atom. The fourth-order valence-corrected chi connectivity index (χ4v) is 1.32. The van der Waals surface area contributed by atoms with E-state index in [9.17, 15) is 9.50 Å². The summed E-state index contributed by atoms with van der Waals surface area (Å²) in [6.45, 7) is 3.30. The Kier molecular flexibility index (Phi) is 2.70. The largest absolute Gasteiger partial charge is 0.387 e. The monoisotopic (exact) mass is 221 g/mol. The maximum absolute atomic E-state index is 13.3. The molecule has 0 aliphatic carbocycles. The molecular formula is C11H12FN3O. The summed E-state index contributed by atoms with van der Waals surface area (Å²) in [7, 11) is 0. The number of benzene rings is 1. The maximum Gasteiger partial charge on any atom is 0.128 e. The highest BCUT2D eigenvalue weighted by Crippen LogP contribution is 2.14. The molecule has 0 aliphatic rings. The van der Waals surface area contributed by atoms with Gasteiger partial charge in [0.2, 0.25) is 0 Å². The normalized spacial score (nSPS) is 12.8. The lowest BCUT2D eigenvalue weighted by Gasteiger charge is -2.01. The van der Waals surface area contributed by atoms with E-state index in [0.717, 1.165) is 0 Å². The molecule has 1 atom stereocenters. The van der Waals surface area contributed by atoms with Gasteiger partial charge in [-0.1, -0.05) is 11.3 Å². The fourth-order valence-electron chi connectivity index (χ4n) is 1.32. The second-order valence-corrected chi connectivity index (χ2v) is 3.70.